The fourth-order valence-corrected chi connectivity index (χ4v) is 2.91. The molecule has 1 aromatic carbocycles. The molecule has 0 amide bonds. The van der Waals surface area contributed by atoms with E-state index in [1.165, 1.54) is 0 Å². The third-order valence-corrected chi connectivity index (χ3v) is 4.70. The molecular formula is C19H27N3O3. The van der Waals surface area contributed by atoms with E-state index in [1.807, 2.05) is 24.3 Å². The van der Waals surface area contributed by atoms with Crippen molar-refractivity contribution in [2.24, 2.45) is 5.92 Å². The first kappa shape index (κ1) is 17.9. The molecule has 1 N–H and O–H groups in total. The maximum absolute atomic E-state index is 9.99. The lowest BCUT2D eigenvalue weighted by atomic mass is 9.96. The van der Waals surface area contributed by atoms with Crippen LogP contribution in [0.25, 0.3) is 11.5 Å². The summed E-state index contributed by atoms with van der Waals surface area (Å²) in [5.74, 6) is 2.31. The standard InChI is InChI=1S/C19H27N3O3/c1-3-4-11-24-16-7-5-15(6-8-16)19-21-20-18(25-19)13-22-10-9-14(2)17(23)12-22/h5-8,14,17,23H,3-4,9-13H2,1-2H3. The van der Waals surface area contributed by atoms with Gasteiger partial charge in [-0.05, 0) is 49.6 Å². The summed E-state index contributed by atoms with van der Waals surface area (Å²) in [7, 11) is 0. The Morgan fingerprint density at radius 3 is 2.80 bits per heavy atom. The van der Waals surface area contributed by atoms with Crippen LogP contribution >= 0.6 is 0 Å². The molecule has 0 saturated carbocycles. The normalized spacial score (nSPS) is 21.4. The molecule has 1 saturated heterocycles. The summed E-state index contributed by atoms with van der Waals surface area (Å²) in [6.07, 6.45) is 2.88. The smallest absolute Gasteiger partial charge is 0.247 e. The zero-order valence-electron chi connectivity index (χ0n) is 15.0. The maximum Gasteiger partial charge on any atom is 0.247 e. The van der Waals surface area contributed by atoms with E-state index in [0.717, 1.165) is 43.7 Å². The Hall–Kier alpha value is -1.92. The quantitative estimate of drug-likeness (QED) is 0.778. The van der Waals surface area contributed by atoms with Crippen molar-refractivity contribution < 1.29 is 14.3 Å². The highest BCUT2D eigenvalue weighted by Gasteiger charge is 2.25. The van der Waals surface area contributed by atoms with Crippen LogP contribution in [0.1, 0.15) is 39.0 Å². The number of likely N-dealkylation sites (tertiary alicyclic amines) is 1. The number of aliphatic hydroxyl groups excluding tert-OH is 1. The van der Waals surface area contributed by atoms with E-state index in [1.54, 1.807) is 0 Å². The average Bonchev–Trinajstić information content (AvgIpc) is 3.07. The van der Waals surface area contributed by atoms with Crippen LogP contribution in [0.15, 0.2) is 28.7 Å². The largest absolute Gasteiger partial charge is 0.494 e. The van der Waals surface area contributed by atoms with Crippen LogP contribution in [0.2, 0.25) is 0 Å². The number of β-amino-alcohol motifs (C(OH)–C–C–N with tert-alkyl or cyclic N) is 1. The average molecular weight is 345 g/mol. The van der Waals surface area contributed by atoms with Gasteiger partial charge in [0.15, 0.2) is 0 Å². The minimum absolute atomic E-state index is 0.281. The van der Waals surface area contributed by atoms with Crippen molar-refractivity contribution in [2.75, 3.05) is 19.7 Å². The van der Waals surface area contributed by atoms with Gasteiger partial charge in [-0.1, -0.05) is 20.3 Å². The first-order valence-corrected chi connectivity index (χ1v) is 9.11. The van der Waals surface area contributed by atoms with Gasteiger partial charge in [-0.25, -0.2) is 0 Å². The number of hydrogen-bond acceptors (Lipinski definition) is 6. The van der Waals surface area contributed by atoms with E-state index in [4.69, 9.17) is 9.15 Å². The summed E-state index contributed by atoms with van der Waals surface area (Å²) in [6, 6.07) is 7.73. The van der Waals surface area contributed by atoms with Gasteiger partial charge >= 0.3 is 0 Å². The highest BCUT2D eigenvalue weighted by Crippen LogP contribution is 2.23. The summed E-state index contributed by atoms with van der Waals surface area (Å²) in [6.45, 7) is 7.14. The number of nitrogens with zero attached hydrogens (tertiary/aromatic N) is 3. The van der Waals surface area contributed by atoms with Crippen molar-refractivity contribution in [3.8, 4) is 17.2 Å². The van der Waals surface area contributed by atoms with Gasteiger partial charge < -0.3 is 14.3 Å². The number of hydrogen-bond donors (Lipinski definition) is 1. The summed E-state index contributed by atoms with van der Waals surface area (Å²) in [4.78, 5) is 2.16. The Bertz CT molecular complexity index is 656. The van der Waals surface area contributed by atoms with Crippen LogP contribution in [0.4, 0.5) is 0 Å². The molecule has 6 heteroatoms. The lowest BCUT2D eigenvalue weighted by molar-refractivity contribution is 0.0228. The van der Waals surface area contributed by atoms with Gasteiger partial charge in [-0.2, -0.15) is 0 Å². The molecule has 2 aromatic rings. The summed E-state index contributed by atoms with van der Waals surface area (Å²) >= 11 is 0. The van der Waals surface area contributed by atoms with Crippen LogP contribution in [0, 0.1) is 5.92 Å². The second-order valence-electron chi connectivity index (χ2n) is 6.80. The Morgan fingerprint density at radius 2 is 2.08 bits per heavy atom. The Kier molecular flexibility index (Phi) is 6.04. The van der Waals surface area contributed by atoms with Crippen molar-refractivity contribution in [2.45, 2.75) is 45.8 Å². The van der Waals surface area contributed by atoms with Crippen molar-refractivity contribution in [3.63, 3.8) is 0 Å². The van der Waals surface area contributed by atoms with Crippen LogP contribution in [0.5, 0.6) is 5.75 Å². The van der Waals surface area contributed by atoms with E-state index in [0.29, 0.717) is 30.8 Å². The maximum atomic E-state index is 9.99. The van der Waals surface area contributed by atoms with Gasteiger partial charge in [0.2, 0.25) is 11.8 Å². The number of aromatic nitrogens is 2. The number of ether oxygens (including phenoxy) is 1. The zero-order chi connectivity index (χ0) is 17.6. The zero-order valence-corrected chi connectivity index (χ0v) is 15.0. The molecule has 3 rings (SSSR count). The molecule has 0 aliphatic carbocycles. The molecule has 2 heterocycles. The molecule has 2 atom stereocenters. The first-order chi connectivity index (χ1) is 12.2. The van der Waals surface area contributed by atoms with E-state index in [-0.39, 0.29) is 6.10 Å². The Balaban J connectivity index is 1.57. The molecule has 2 unspecified atom stereocenters. The van der Waals surface area contributed by atoms with Crippen molar-refractivity contribution in [1.82, 2.24) is 15.1 Å². The SMILES string of the molecule is CCCCOc1ccc(-c2nnc(CN3CCC(C)C(O)C3)o2)cc1. The fraction of sp³-hybridized carbons (Fsp3) is 0.579. The van der Waals surface area contributed by atoms with Gasteiger partial charge in [0.05, 0.1) is 19.3 Å². The van der Waals surface area contributed by atoms with Gasteiger partial charge in [0.25, 0.3) is 0 Å². The summed E-state index contributed by atoms with van der Waals surface area (Å²) < 4.78 is 11.5. The number of unbranched alkanes of at least 4 members (excludes halogenated alkanes) is 1. The lowest BCUT2D eigenvalue weighted by Crippen LogP contribution is -2.42. The first-order valence-electron chi connectivity index (χ1n) is 9.11. The molecule has 0 radical (unpaired) electrons. The van der Waals surface area contributed by atoms with Gasteiger partial charge in [-0.3, -0.25) is 4.90 Å². The highest BCUT2D eigenvalue weighted by molar-refractivity contribution is 5.53. The predicted molar refractivity (Wildman–Crippen MR) is 95.2 cm³/mol. The number of rotatable bonds is 7. The number of piperidine rings is 1. The van der Waals surface area contributed by atoms with Crippen LogP contribution < -0.4 is 4.74 Å². The molecule has 1 aliphatic heterocycles. The van der Waals surface area contributed by atoms with Crippen LogP contribution in [-0.4, -0.2) is 46.0 Å². The predicted octanol–water partition coefficient (Wildman–Crippen LogP) is 3.12. The van der Waals surface area contributed by atoms with Gasteiger partial charge in [-0.15, -0.1) is 10.2 Å². The minimum Gasteiger partial charge on any atom is -0.494 e. The molecule has 0 spiro atoms. The van der Waals surface area contributed by atoms with Crippen LogP contribution in [-0.2, 0) is 6.54 Å². The Morgan fingerprint density at radius 1 is 1.28 bits per heavy atom. The number of aliphatic hydroxyl groups is 1. The summed E-state index contributed by atoms with van der Waals surface area (Å²) in [5, 5.41) is 18.3. The van der Waals surface area contributed by atoms with E-state index >= 15 is 0 Å². The van der Waals surface area contributed by atoms with Crippen molar-refractivity contribution in [3.05, 3.63) is 30.2 Å². The topological polar surface area (TPSA) is 71.6 Å². The molecule has 136 valence electrons. The highest BCUT2D eigenvalue weighted by atomic mass is 16.5. The lowest BCUT2D eigenvalue weighted by Gasteiger charge is -2.33. The summed E-state index contributed by atoms with van der Waals surface area (Å²) in [5.41, 5.74) is 0.883. The minimum atomic E-state index is -0.281. The second-order valence-corrected chi connectivity index (χ2v) is 6.80. The van der Waals surface area contributed by atoms with Gasteiger partial charge in [0.1, 0.15) is 5.75 Å². The van der Waals surface area contributed by atoms with E-state index < -0.39 is 0 Å². The van der Waals surface area contributed by atoms with Crippen molar-refractivity contribution >= 4 is 0 Å². The third kappa shape index (κ3) is 4.80. The monoisotopic (exact) mass is 345 g/mol. The van der Waals surface area contributed by atoms with E-state index in [2.05, 4.69) is 28.9 Å². The third-order valence-electron chi connectivity index (χ3n) is 4.70. The van der Waals surface area contributed by atoms with Crippen molar-refractivity contribution in [1.29, 1.82) is 0 Å². The van der Waals surface area contributed by atoms with Crippen LogP contribution in [0.3, 0.4) is 0 Å². The van der Waals surface area contributed by atoms with E-state index in [9.17, 15) is 5.11 Å². The molecule has 1 aromatic heterocycles. The van der Waals surface area contributed by atoms with Gasteiger partial charge in [0, 0.05) is 12.1 Å². The molecular weight excluding hydrogens is 318 g/mol. The fourth-order valence-electron chi connectivity index (χ4n) is 2.91. The number of benzene rings is 1. The Labute approximate surface area is 148 Å². The molecule has 1 fully saturated rings. The molecule has 1 aliphatic rings. The second kappa shape index (κ2) is 8.45. The molecule has 6 nitrogen and oxygen atoms in total. The molecule has 25 heavy (non-hydrogen) atoms. The molecule has 0 bridgehead atoms.